The molecule has 28 heavy (non-hydrogen) atoms. The Hall–Kier alpha value is -1.70. The van der Waals surface area contributed by atoms with Gasteiger partial charge < -0.3 is 19.5 Å². The second kappa shape index (κ2) is 8.76. The minimum Gasteiger partial charge on any atom is -0.444 e. The van der Waals surface area contributed by atoms with Gasteiger partial charge in [0.25, 0.3) is 0 Å². The number of nitrogens with one attached hydrogen (secondary N) is 1. The molecule has 1 aliphatic rings. The number of carbonyl (C=O) groups is 1. The van der Waals surface area contributed by atoms with Crippen LogP contribution in [-0.2, 0) is 25.0 Å². The van der Waals surface area contributed by atoms with Gasteiger partial charge in [0.15, 0.2) is 5.79 Å². The van der Waals surface area contributed by atoms with Gasteiger partial charge in [-0.2, -0.15) is 0 Å². The van der Waals surface area contributed by atoms with Gasteiger partial charge in [-0.1, -0.05) is 24.3 Å². The van der Waals surface area contributed by atoms with E-state index in [1.165, 1.54) is 0 Å². The van der Waals surface area contributed by atoms with Crippen LogP contribution in [0.3, 0.4) is 0 Å². The molecule has 1 saturated heterocycles. The molecular formula is C21H31NO5S. The van der Waals surface area contributed by atoms with Crippen molar-refractivity contribution in [3.63, 3.8) is 0 Å². The zero-order chi connectivity index (χ0) is 21.1. The van der Waals surface area contributed by atoms with Gasteiger partial charge in [-0.25, -0.2) is 9.00 Å². The third kappa shape index (κ3) is 6.72. The van der Waals surface area contributed by atoms with Crippen molar-refractivity contribution >= 4 is 16.9 Å². The third-order valence-corrected chi connectivity index (χ3v) is 5.51. The largest absolute Gasteiger partial charge is 0.444 e. The summed E-state index contributed by atoms with van der Waals surface area (Å²) in [6, 6.07) is 7.07. The summed E-state index contributed by atoms with van der Waals surface area (Å²) in [5.41, 5.74) is 0.494. The molecule has 156 valence electrons. The van der Waals surface area contributed by atoms with E-state index in [0.717, 1.165) is 5.56 Å². The molecule has 0 saturated carbocycles. The van der Waals surface area contributed by atoms with E-state index in [4.69, 9.17) is 14.2 Å². The lowest BCUT2D eigenvalue weighted by Crippen LogP contribution is -2.56. The molecule has 3 atom stereocenters. The molecular weight excluding hydrogens is 378 g/mol. The molecule has 1 fully saturated rings. The minimum atomic E-state index is -1.37. The average molecular weight is 410 g/mol. The normalized spacial score (nSPS) is 22.9. The van der Waals surface area contributed by atoms with Crippen LogP contribution in [0.4, 0.5) is 4.79 Å². The van der Waals surface area contributed by atoms with Gasteiger partial charge in [-0.05, 0) is 53.7 Å². The van der Waals surface area contributed by atoms with Gasteiger partial charge in [-0.3, -0.25) is 0 Å². The van der Waals surface area contributed by atoms with Crippen molar-refractivity contribution in [2.45, 2.75) is 76.4 Å². The van der Waals surface area contributed by atoms with Crippen LogP contribution in [0.5, 0.6) is 0 Å². The van der Waals surface area contributed by atoms with E-state index < -0.39 is 40.4 Å². The molecule has 0 unspecified atom stereocenters. The van der Waals surface area contributed by atoms with E-state index in [9.17, 15) is 9.00 Å². The Morgan fingerprint density at radius 2 is 1.93 bits per heavy atom. The number of hydrogen-bond acceptors (Lipinski definition) is 5. The summed E-state index contributed by atoms with van der Waals surface area (Å²) < 4.78 is 29.8. The minimum absolute atomic E-state index is 0.265. The van der Waals surface area contributed by atoms with Crippen LogP contribution in [0, 0.1) is 6.92 Å². The number of amides is 1. The van der Waals surface area contributed by atoms with Crippen molar-refractivity contribution < 1.29 is 23.2 Å². The van der Waals surface area contributed by atoms with Crippen molar-refractivity contribution in [3.8, 4) is 0 Å². The fourth-order valence-corrected chi connectivity index (χ4v) is 3.82. The second-order valence-electron chi connectivity index (χ2n) is 8.44. The highest BCUT2D eigenvalue weighted by molar-refractivity contribution is 7.89. The molecule has 7 heteroatoms. The predicted molar refractivity (Wildman–Crippen MR) is 109 cm³/mol. The Kier molecular flexibility index (Phi) is 7.07. The SMILES string of the molecule is C=C(C[C@H]1OC(C)(C)OC[C@@H]1NC(=O)OC(C)(C)C)[S@@](=O)c1ccc(C)cc1. The van der Waals surface area contributed by atoms with Crippen LogP contribution >= 0.6 is 0 Å². The van der Waals surface area contributed by atoms with Crippen LogP contribution in [0.25, 0.3) is 0 Å². The lowest BCUT2D eigenvalue weighted by molar-refractivity contribution is -0.281. The fraction of sp³-hybridized carbons (Fsp3) is 0.571. The van der Waals surface area contributed by atoms with Gasteiger partial charge in [-0.15, -0.1) is 0 Å². The first-order chi connectivity index (χ1) is 12.9. The number of hydrogen-bond donors (Lipinski definition) is 1. The van der Waals surface area contributed by atoms with Gasteiger partial charge in [0.1, 0.15) is 5.60 Å². The molecule has 2 rings (SSSR count). The Bertz CT molecular complexity index is 736. The molecule has 1 aromatic carbocycles. The van der Waals surface area contributed by atoms with Gasteiger partial charge >= 0.3 is 6.09 Å². The summed E-state index contributed by atoms with van der Waals surface area (Å²) in [7, 11) is -1.37. The molecule has 6 nitrogen and oxygen atoms in total. The number of benzene rings is 1. The molecule has 0 bridgehead atoms. The Labute approximate surface area is 170 Å². The molecule has 0 spiro atoms. The molecule has 1 N–H and O–H groups in total. The van der Waals surface area contributed by atoms with Crippen LogP contribution in [0.2, 0.25) is 0 Å². The number of carbonyl (C=O) groups excluding carboxylic acids is 1. The first kappa shape index (κ1) is 22.6. The quantitative estimate of drug-likeness (QED) is 0.794. The molecule has 1 heterocycles. The zero-order valence-electron chi connectivity index (χ0n) is 17.5. The third-order valence-electron chi connectivity index (χ3n) is 4.12. The lowest BCUT2D eigenvalue weighted by Gasteiger charge is -2.41. The summed E-state index contributed by atoms with van der Waals surface area (Å²) in [4.78, 5) is 13.4. The van der Waals surface area contributed by atoms with E-state index in [1.54, 1.807) is 20.8 Å². The number of rotatable bonds is 5. The topological polar surface area (TPSA) is 73.9 Å². The first-order valence-corrected chi connectivity index (χ1v) is 10.5. The number of ether oxygens (including phenoxy) is 3. The summed E-state index contributed by atoms with van der Waals surface area (Å²) in [5, 5.41) is 2.80. The number of aryl methyl sites for hydroxylation is 1. The zero-order valence-corrected chi connectivity index (χ0v) is 18.4. The molecule has 1 aliphatic heterocycles. The summed E-state index contributed by atoms with van der Waals surface area (Å²) >= 11 is 0. The monoisotopic (exact) mass is 409 g/mol. The predicted octanol–water partition coefficient (Wildman–Crippen LogP) is 4.05. The Balaban J connectivity index is 2.08. The highest BCUT2D eigenvalue weighted by Gasteiger charge is 2.38. The van der Waals surface area contributed by atoms with Crippen LogP contribution in [0.1, 0.15) is 46.6 Å². The smallest absolute Gasteiger partial charge is 0.408 e. The van der Waals surface area contributed by atoms with Crippen LogP contribution in [0.15, 0.2) is 40.6 Å². The van der Waals surface area contributed by atoms with Crippen molar-refractivity contribution in [3.05, 3.63) is 41.3 Å². The molecule has 0 aliphatic carbocycles. The van der Waals surface area contributed by atoms with E-state index in [0.29, 0.717) is 16.2 Å². The molecule has 0 radical (unpaired) electrons. The van der Waals surface area contributed by atoms with Crippen molar-refractivity contribution in [2.75, 3.05) is 6.61 Å². The Morgan fingerprint density at radius 1 is 1.32 bits per heavy atom. The van der Waals surface area contributed by atoms with Crippen molar-refractivity contribution in [1.29, 1.82) is 0 Å². The first-order valence-electron chi connectivity index (χ1n) is 9.34. The van der Waals surface area contributed by atoms with Crippen molar-refractivity contribution in [2.24, 2.45) is 0 Å². The highest BCUT2D eigenvalue weighted by atomic mass is 32.2. The molecule has 1 amide bonds. The van der Waals surface area contributed by atoms with Crippen LogP contribution in [-0.4, -0.2) is 40.4 Å². The van der Waals surface area contributed by atoms with Gasteiger partial charge in [0.05, 0.1) is 29.6 Å². The average Bonchev–Trinajstić information content (AvgIpc) is 2.55. The lowest BCUT2D eigenvalue weighted by atomic mass is 10.1. The van der Waals surface area contributed by atoms with E-state index >= 15 is 0 Å². The maximum Gasteiger partial charge on any atom is 0.408 e. The summed E-state index contributed by atoms with van der Waals surface area (Å²) in [6.07, 6.45) is -0.647. The van der Waals surface area contributed by atoms with E-state index in [2.05, 4.69) is 11.9 Å². The van der Waals surface area contributed by atoms with E-state index in [1.807, 2.05) is 45.0 Å². The fourth-order valence-electron chi connectivity index (χ4n) is 2.78. The molecule has 1 aromatic rings. The summed E-state index contributed by atoms with van der Waals surface area (Å²) in [6.45, 7) is 15.3. The molecule has 0 aromatic heterocycles. The van der Waals surface area contributed by atoms with Crippen molar-refractivity contribution in [1.82, 2.24) is 5.32 Å². The summed E-state index contributed by atoms with van der Waals surface area (Å²) in [5.74, 6) is -0.803. The standard InChI is InChI=1S/C21H31NO5S/c1-14-8-10-16(11-9-14)28(24)15(2)12-18-17(13-25-21(6,7)26-18)22-19(23)27-20(3,4)5/h8-11,17-18H,2,12-13H2,1,3-7H3,(H,22,23)/t17-,18+,28+/m0/s1. The second-order valence-corrected chi connectivity index (χ2v) is 10.0. The maximum absolute atomic E-state index is 12.8. The van der Waals surface area contributed by atoms with E-state index in [-0.39, 0.29) is 6.61 Å². The highest BCUT2D eigenvalue weighted by Crippen LogP contribution is 2.28. The van der Waals surface area contributed by atoms with Crippen LogP contribution < -0.4 is 5.32 Å². The Morgan fingerprint density at radius 3 is 2.50 bits per heavy atom. The number of alkyl carbamates (subject to hydrolysis) is 1. The maximum atomic E-state index is 12.8. The van der Waals surface area contributed by atoms with Gasteiger partial charge in [0, 0.05) is 16.2 Å². The van der Waals surface area contributed by atoms with Gasteiger partial charge in [0.2, 0.25) is 0 Å².